The lowest BCUT2D eigenvalue weighted by Gasteiger charge is -2.55. The van der Waals surface area contributed by atoms with E-state index in [2.05, 4.69) is 20.2 Å². The van der Waals surface area contributed by atoms with Crippen LogP contribution in [0.15, 0.2) is 34.9 Å². The summed E-state index contributed by atoms with van der Waals surface area (Å²) < 4.78 is 17.5. The van der Waals surface area contributed by atoms with Crippen LogP contribution < -0.4 is 15.0 Å². The summed E-state index contributed by atoms with van der Waals surface area (Å²) in [6.45, 7) is 10.8. The fourth-order valence-electron chi connectivity index (χ4n) is 4.83. The van der Waals surface area contributed by atoms with Gasteiger partial charge in [0.05, 0.1) is 37.7 Å². The summed E-state index contributed by atoms with van der Waals surface area (Å²) in [6, 6.07) is 7.90. The van der Waals surface area contributed by atoms with Crippen molar-refractivity contribution in [3.8, 4) is 17.1 Å². The summed E-state index contributed by atoms with van der Waals surface area (Å²) in [5.74, 6) is 3.43. The zero-order chi connectivity index (χ0) is 24.2. The molecule has 4 aromatic rings. The maximum absolute atomic E-state index is 5.94. The van der Waals surface area contributed by atoms with E-state index in [4.69, 9.17) is 23.9 Å². The van der Waals surface area contributed by atoms with Gasteiger partial charge in [0, 0.05) is 36.2 Å². The minimum Gasteiger partial charge on any atom is -0.492 e. The number of aryl methyl sites for hydroxylation is 3. The van der Waals surface area contributed by atoms with Crippen LogP contribution in [0, 0.1) is 20.8 Å². The molecule has 9 nitrogen and oxygen atoms in total. The highest BCUT2D eigenvalue weighted by atomic mass is 16.5. The summed E-state index contributed by atoms with van der Waals surface area (Å²) >= 11 is 0. The molecule has 0 amide bonds. The fourth-order valence-corrected chi connectivity index (χ4v) is 4.83. The molecule has 1 aromatic carbocycles. The summed E-state index contributed by atoms with van der Waals surface area (Å²) in [5, 5.41) is 4.30. The highest BCUT2D eigenvalue weighted by Crippen LogP contribution is 2.40. The Balaban J connectivity index is 1.33. The molecule has 2 fully saturated rings. The van der Waals surface area contributed by atoms with Crippen LogP contribution >= 0.6 is 0 Å². The van der Waals surface area contributed by atoms with Crippen molar-refractivity contribution in [3.05, 3.63) is 47.7 Å². The van der Waals surface area contributed by atoms with Crippen LogP contribution in [0.2, 0.25) is 0 Å². The minimum absolute atomic E-state index is 0.0143. The first-order chi connectivity index (χ1) is 16.9. The molecule has 1 spiro atoms. The Bertz CT molecular complexity index is 1420. The Hall–Kier alpha value is -3.72. The van der Waals surface area contributed by atoms with E-state index in [1.165, 1.54) is 0 Å². The van der Waals surface area contributed by atoms with E-state index < -0.39 is 0 Å². The molecule has 180 valence electrons. The predicted octanol–water partition coefficient (Wildman–Crippen LogP) is 4.73. The summed E-state index contributed by atoms with van der Waals surface area (Å²) in [7, 11) is 0. The van der Waals surface area contributed by atoms with Gasteiger partial charge in [-0.1, -0.05) is 0 Å². The molecule has 0 radical (unpaired) electrons. The van der Waals surface area contributed by atoms with Crippen molar-refractivity contribution < 1.29 is 13.9 Å². The SMILES string of the molecule is CCOc1cc(-c2oc(C)nc2C)ccc1Nc1ncc2cc(C)nc(N3CC4(CCO4)C3)c2n1. The molecule has 0 unspecified atom stereocenters. The van der Waals surface area contributed by atoms with Crippen molar-refractivity contribution in [1.82, 2.24) is 19.9 Å². The van der Waals surface area contributed by atoms with Gasteiger partial charge in [-0.3, -0.25) is 0 Å². The summed E-state index contributed by atoms with van der Waals surface area (Å²) in [5.41, 5.74) is 4.31. The Labute approximate surface area is 203 Å². The minimum atomic E-state index is 0.0143. The van der Waals surface area contributed by atoms with Gasteiger partial charge in [0.1, 0.15) is 16.9 Å². The molecule has 0 bridgehead atoms. The third-order valence-electron chi connectivity index (χ3n) is 6.59. The molecule has 0 saturated carbocycles. The van der Waals surface area contributed by atoms with Gasteiger partial charge < -0.3 is 24.1 Å². The highest BCUT2D eigenvalue weighted by molar-refractivity contribution is 5.90. The number of hydrogen-bond acceptors (Lipinski definition) is 9. The molecule has 0 aliphatic carbocycles. The Morgan fingerprint density at radius 1 is 1.11 bits per heavy atom. The number of benzene rings is 1. The zero-order valence-electron chi connectivity index (χ0n) is 20.4. The lowest BCUT2D eigenvalue weighted by Crippen LogP contribution is -2.68. The normalized spacial score (nSPS) is 16.3. The van der Waals surface area contributed by atoms with Crippen LogP contribution in [0.3, 0.4) is 0 Å². The molecule has 5 heterocycles. The number of fused-ring (bicyclic) bond motifs is 1. The van der Waals surface area contributed by atoms with Gasteiger partial charge in [-0.2, -0.15) is 0 Å². The molecular weight excluding hydrogens is 444 g/mol. The number of anilines is 3. The molecule has 2 aliphatic heterocycles. The van der Waals surface area contributed by atoms with Crippen molar-refractivity contribution in [2.24, 2.45) is 0 Å². The van der Waals surface area contributed by atoms with Gasteiger partial charge in [0.25, 0.3) is 0 Å². The largest absolute Gasteiger partial charge is 0.492 e. The monoisotopic (exact) mass is 472 g/mol. The number of aromatic nitrogens is 4. The van der Waals surface area contributed by atoms with Gasteiger partial charge >= 0.3 is 0 Å². The molecule has 6 rings (SSSR count). The number of hydrogen-bond donors (Lipinski definition) is 1. The maximum atomic E-state index is 5.94. The van der Waals surface area contributed by atoms with Crippen molar-refractivity contribution in [2.75, 3.05) is 36.5 Å². The third-order valence-corrected chi connectivity index (χ3v) is 6.59. The second-order valence-corrected chi connectivity index (χ2v) is 9.27. The number of nitrogens with one attached hydrogen (secondary N) is 1. The predicted molar refractivity (Wildman–Crippen MR) is 133 cm³/mol. The first-order valence-corrected chi connectivity index (χ1v) is 11.9. The second kappa shape index (κ2) is 8.20. The van der Waals surface area contributed by atoms with Crippen LogP contribution in [0.5, 0.6) is 5.75 Å². The number of pyridine rings is 1. The molecule has 3 aromatic heterocycles. The van der Waals surface area contributed by atoms with Gasteiger partial charge in [0.2, 0.25) is 5.95 Å². The fraction of sp³-hybridized carbons (Fsp3) is 0.385. The average Bonchev–Trinajstić information content (AvgIpc) is 3.11. The molecule has 1 N–H and O–H groups in total. The van der Waals surface area contributed by atoms with Crippen LogP contribution in [-0.2, 0) is 4.74 Å². The molecule has 2 saturated heterocycles. The number of rotatable bonds is 6. The van der Waals surface area contributed by atoms with E-state index >= 15 is 0 Å². The molecular formula is C26H28N6O3. The van der Waals surface area contributed by atoms with Crippen molar-refractivity contribution in [3.63, 3.8) is 0 Å². The maximum Gasteiger partial charge on any atom is 0.227 e. The Kier molecular flexibility index (Phi) is 5.10. The van der Waals surface area contributed by atoms with Crippen LogP contribution in [0.25, 0.3) is 22.2 Å². The summed E-state index contributed by atoms with van der Waals surface area (Å²) in [4.78, 5) is 20.9. The van der Waals surface area contributed by atoms with Crippen molar-refractivity contribution >= 4 is 28.4 Å². The van der Waals surface area contributed by atoms with Gasteiger partial charge in [-0.25, -0.2) is 19.9 Å². The molecule has 9 heteroatoms. The zero-order valence-corrected chi connectivity index (χ0v) is 20.4. The topological polar surface area (TPSA) is 98.4 Å². The van der Waals surface area contributed by atoms with E-state index in [0.29, 0.717) is 24.2 Å². The van der Waals surface area contributed by atoms with Gasteiger partial charge in [-0.15, -0.1) is 0 Å². The van der Waals surface area contributed by atoms with E-state index in [-0.39, 0.29) is 5.60 Å². The van der Waals surface area contributed by atoms with E-state index in [1.54, 1.807) is 0 Å². The molecule has 0 atom stereocenters. The average molecular weight is 473 g/mol. The molecule has 35 heavy (non-hydrogen) atoms. The lowest BCUT2D eigenvalue weighted by atomic mass is 9.86. The van der Waals surface area contributed by atoms with E-state index in [1.807, 2.05) is 58.2 Å². The van der Waals surface area contributed by atoms with Crippen molar-refractivity contribution in [1.29, 1.82) is 0 Å². The van der Waals surface area contributed by atoms with Gasteiger partial charge in [-0.05, 0) is 45.0 Å². The van der Waals surface area contributed by atoms with E-state index in [9.17, 15) is 0 Å². The van der Waals surface area contributed by atoms with Gasteiger partial charge in [0.15, 0.2) is 17.5 Å². The number of ether oxygens (including phenoxy) is 2. The quantitative estimate of drug-likeness (QED) is 0.427. The van der Waals surface area contributed by atoms with Crippen LogP contribution in [-0.4, -0.2) is 51.8 Å². The number of nitrogens with zero attached hydrogens (tertiary/aromatic N) is 5. The van der Waals surface area contributed by atoms with Crippen LogP contribution in [0.1, 0.15) is 30.6 Å². The standard InChI is InChI=1S/C26H28N6O3/c1-5-33-21-11-18(23-16(3)29-17(4)35-23)6-7-20(21)30-25-27-12-19-10-15(2)28-24(22(19)31-25)32-13-26(14-32)8-9-34-26/h6-7,10-12H,5,8-9,13-14H2,1-4H3,(H,27,30,31). The van der Waals surface area contributed by atoms with Crippen LogP contribution in [0.4, 0.5) is 17.5 Å². The Morgan fingerprint density at radius 3 is 2.63 bits per heavy atom. The first-order valence-electron chi connectivity index (χ1n) is 11.9. The van der Waals surface area contributed by atoms with Crippen molar-refractivity contribution in [2.45, 2.75) is 39.7 Å². The number of oxazole rings is 1. The smallest absolute Gasteiger partial charge is 0.227 e. The molecule has 2 aliphatic rings. The third kappa shape index (κ3) is 3.85. The summed E-state index contributed by atoms with van der Waals surface area (Å²) in [6.07, 6.45) is 2.95. The second-order valence-electron chi connectivity index (χ2n) is 9.27. The van der Waals surface area contributed by atoms with E-state index in [0.717, 1.165) is 71.2 Å². The highest BCUT2D eigenvalue weighted by Gasteiger charge is 2.50. The Morgan fingerprint density at radius 2 is 1.94 bits per heavy atom. The lowest BCUT2D eigenvalue weighted by molar-refractivity contribution is -0.161. The first kappa shape index (κ1) is 21.8.